The van der Waals surface area contributed by atoms with Gasteiger partial charge in [0.2, 0.25) is 11.9 Å². The topological polar surface area (TPSA) is 97.9 Å². The van der Waals surface area contributed by atoms with Gasteiger partial charge in [0.1, 0.15) is 5.65 Å². The molecule has 0 unspecified atom stereocenters. The number of aryl methyl sites for hydroxylation is 1. The molecule has 4 aromatic rings. The molecule has 0 aliphatic carbocycles. The van der Waals surface area contributed by atoms with Gasteiger partial charge in [-0.25, -0.2) is 9.67 Å². The highest BCUT2D eigenvalue weighted by Crippen LogP contribution is 2.21. The Morgan fingerprint density at radius 1 is 1.18 bits per heavy atom. The van der Waals surface area contributed by atoms with E-state index in [4.69, 9.17) is 0 Å². The Labute approximate surface area is 190 Å². The van der Waals surface area contributed by atoms with Gasteiger partial charge in [0, 0.05) is 55.4 Å². The van der Waals surface area contributed by atoms with Crippen molar-refractivity contribution in [3.05, 3.63) is 84.1 Å². The van der Waals surface area contributed by atoms with Crippen molar-refractivity contribution in [3.63, 3.8) is 0 Å². The van der Waals surface area contributed by atoms with E-state index >= 15 is 0 Å². The smallest absolute Gasteiger partial charge is 0.252 e. The summed E-state index contributed by atoms with van der Waals surface area (Å²) in [5.41, 5.74) is 2.26. The lowest BCUT2D eigenvalue weighted by Gasteiger charge is -2.38. The summed E-state index contributed by atoms with van der Waals surface area (Å²) < 4.78 is 3.46. The molecule has 1 fully saturated rings. The first-order chi connectivity index (χ1) is 16.1. The Hall–Kier alpha value is -4.27. The molecule has 1 aliphatic heterocycles. The maximum Gasteiger partial charge on any atom is 0.252 e. The summed E-state index contributed by atoms with van der Waals surface area (Å²) in [6.07, 6.45) is 7.46. The van der Waals surface area contributed by atoms with Crippen LogP contribution in [0, 0.1) is 5.92 Å². The highest BCUT2D eigenvalue weighted by molar-refractivity contribution is 5.87. The number of aromatic nitrogens is 5. The number of amides is 1. The summed E-state index contributed by atoms with van der Waals surface area (Å²) in [5, 5.41) is 8.23. The first-order valence-corrected chi connectivity index (χ1v) is 10.8. The molecule has 3 aromatic heterocycles. The molecule has 166 valence electrons. The van der Waals surface area contributed by atoms with Crippen LogP contribution in [0.2, 0.25) is 0 Å². The van der Waals surface area contributed by atoms with Gasteiger partial charge in [-0.3, -0.25) is 14.2 Å². The first kappa shape index (κ1) is 20.6. The van der Waals surface area contributed by atoms with Crippen LogP contribution in [0.1, 0.15) is 6.42 Å². The van der Waals surface area contributed by atoms with E-state index in [-0.39, 0.29) is 11.5 Å². The monoisotopic (exact) mass is 441 g/mol. The largest absolute Gasteiger partial charge is 0.338 e. The van der Waals surface area contributed by atoms with E-state index in [1.165, 1.54) is 6.08 Å². The molecule has 0 saturated carbocycles. The number of hydrogen-bond acceptors (Lipinski definition) is 6. The number of nitrogens with zero attached hydrogens (tertiary/aromatic N) is 6. The summed E-state index contributed by atoms with van der Waals surface area (Å²) in [6.45, 7) is 5.45. The molecular formula is C24H23N7O2. The second kappa shape index (κ2) is 8.70. The van der Waals surface area contributed by atoms with Crippen LogP contribution in [-0.2, 0) is 11.3 Å². The number of hydrogen-bond donors (Lipinski definition) is 1. The molecule has 9 nitrogen and oxygen atoms in total. The summed E-state index contributed by atoms with van der Waals surface area (Å²) in [6, 6.07) is 12.9. The second-order valence-corrected chi connectivity index (χ2v) is 8.02. The molecule has 1 aliphatic rings. The molecule has 1 saturated heterocycles. The molecule has 9 heteroatoms. The fourth-order valence-corrected chi connectivity index (χ4v) is 3.97. The van der Waals surface area contributed by atoms with Crippen molar-refractivity contribution >= 4 is 28.6 Å². The van der Waals surface area contributed by atoms with Crippen LogP contribution in [0.3, 0.4) is 0 Å². The molecule has 0 radical (unpaired) electrons. The molecule has 33 heavy (non-hydrogen) atoms. The zero-order chi connectivity index (χ0) is 22.8. The highest BCUT2D eigenvalue weighted by Gasteiger charge is 2.28. The van der Waals surface area contributed by atoms with E-state index < -0.39 is 0 Å². The Morgan fingerprint density at radius 3 is 2.73 bits per heavy atom. The normalized spacial score (nSPS) is 13.6. The van der Waals surface area contributed by atoms with Gasteiger partial charge in [-0.1, -0.05) is 6.58 Å². The molecule has 1 amide bonds. The molecule has 1 N–H and O–H groups in total. The first-order valence-electron chi connectivity index (χ1n) is 10.8. The van der Waals surface area contributed by atoms with E-state index in [1.54, 1.807) is 38.7 Å². The zero-order valence-electron chi connectivity index (χ0n) is 18.0. The number of anilines is 2. The number of nitrogens with one attached hydrogen (secondary N) is 1. The SMILES string of the molecule is C=CC(=O)N1CC(CCn2c(=O)ccc3cnc(Nc4ccc(-n5cccn5)cc4)nc32)C1. The summed E-state index contributed by atoms with van der Waals surface area (Å²) >= 11 is 0. The standard InChI is InChI=1S/C24H23N7O2/c1-2-21(32)29-15-17(16-29)10-13-30-22(33)9-4-18-14-25-24(28-23(18)30)27-19-5-7-20(8-6-19)31-12-3-11-26-31/h2-9,11-12,14,17H,1,10,13,15-16H2,(H,25,27,28). The fraction of sp³-hybridized carbons (Fsp3) is 0.208. The van der Waals surface area contributed by atoms with Crippen LogP contribution in [0.25, 0.3) is 16.7 Å². The zero-order valence-corrected chi connectivity index (χ0v) is 18.0. The lowest BCUT2D eigenvalue weighted by Crippen LogP contribution is -2.49. The van der Waals surface area contributed by atoms with Crippen LogP contribution >= 0.6 is 0 Å². The summed E-state index contributed by atoms with van der Waals surface area (Å²) in [5.74, 6) is 0.735. The lowest BCUT2D eigenvalue weighted by molar-refractivity contribution is -0.132. The van der Waals surface area contributed by atoms with Crippen molar-refractivity contribution < 1.29 is 4.79 Å². The average Bonchev–Trinajstić information content (AvgIpc) is 3.34. The predicted octanol–water partition coefficient (Wildman–Crippen LogP) is 2.76. The van der Waals surface area contributed by atoms with Gasteiger partial charge < -0.3 is 10.2 Å². The van der Waals surface area contributed by atoms with E-state index in [0.29, 0.717) is 37.1 Å². The van der Waals surface area contributed by atoms with Crippen molar-refractivity contribution in [3.8, 4) is 5.69 Å². The molecule has 4 heterocycles. The molecule has 0 bridgehead atoms. The maximum atomic E-state index is 12.6. The lowest BCUT2D eigenvalue weighted by atomic mass is 9.96. The predicted molar refractivity (Wildman–Crippen MR) is 126 cm³/mol. The maximum absolute atomic E-state index is 12.6. The molecule has 1 aromatic carbocycles. The number of pyridine rings is 1. The van der Waals surface area contributed by atoms with Crippen molar-refractivity contribution in [2.45, 2.75) is 13.0 Å². The van der Waals surface area contributed by atoms with Gasteiger partial charge in [-0.2, -0.15) is 10.1 Å². The van der Waals surface area contributed by atoms with Crippen molar-refractivity contribution in [2.75, 3.05) is 18.4 Å². The highest BCUT2D eigenvalue weighted by atomic mass is 16.2. The number of benzene rings is 1. The number of rotatable bonds is 7. The van der Waals surface area contributed by atoms with E-state index in [0.717, 1.165) is 23.2 Å². The molecular weight excluding hydrogens is 418 g/mol. The van der Waals surface area contributed by atoms with Crippen LogP contribution < -0.4 is 10.9 Å². The average molecular weight is 441 g/mol. The fourth-order valence-electron chi connectivity index (χ4n) is 3.97. The number of likely N-dealkylation sites (tertiary alicyclic amines) is 1. The van der Waals surface area contributed by atoms with Crippen LogP contribution in [0.15, 0.2) is 78.5 Å². The van der Waals surface area contributed by atoms with Gasteiger partial charge >= 0.3 is 0 Å². The van der Waals surface area contributed by atoms with E-state index in [2.05, 4.69) is 27.0 Å². The van der Waals surface area contributed by atoms with Crippen molar-refractivity contribution in [1.29, 1.82) is 0 Å². The van der Waals surface area contributed by atoms with Crippen molar-refractivity contribution in [2.24, 2.45) is 5.92 Å². The van der Waals surface area contributed by atoms with Gasteiger partial charge in [0.15, 0.2) is 0 Å². The Bertz CT molecular complexity index is 1350. The number of fused-ring (bicyclic) bond motifs is 1. The Morgan fingerprint density at radius 2 is 2.00 bits per heavy atom. The van der Waals surface area contributed by atoms with E-state index in [9.17, 15) is 9.59 Å². The second-order valence-electron chi connectivity index (χ2n) is 8.02. The van der Waals surface area contributed by atoms with Crippen LogP contribution in [0.5, 0.6) is 0 Å². The summed E-state index contributed by atoms with van der Waals surface area (Å²) in [4.78, 5) is 35.0. The summed E-state index contributed by atoms with van der Waals surface area (Å²) in [7, 11) is 0. The number of carbonyl (C=O) groups excluding carboxylic acids is 1. The Kier molecular flexibility index (Phi) is 5.43. The minimum absolute atomic E-state index is 0.0466. The van der Waals surface area contributed by atoms with Crippen molar-refractivity contribution in [1.82, 2.24) is 29.2 Å². The van der Waals surface area contributed by atoms with Crippen LogP contribution in [0.4, 0.5) is 11.6 Å². The van der Waals surface area contributed by atoms with Crippen LogP contribution in [-0.4, -0.2) is 48.2 Å². The molecule has 0 spiro atoms. The van der Waals surface area contributed by atoms with Gasteiger partial charge in [0.05, 0.1) is 5.69 Å². The minimum atomic E-state index is -0.103. The van der Waals surface area contributed by atoms with E-state index in [1.807, 2.05) is 36.5 Å². The number of carbonyl (C=O) groups is 1. The minimum Gasteiger partial charge on any atom is -0.338 e. The van der Waals surface area contributed by atoms with Gasteiger partial charge in [0.25, 0.3) is 5.56 Å². The third-order valence-corrected chi connectivity index (χ3v) is 5.82. The molecule has 5 rings (SSSR count). The van der Waals surface area contributed by atoms with Gasteiger partial charge in [-0.15, -0.1) is 0 Å². The molecule has 0 atom stereocenters. The van der Waals surface area contributed by atoms with Gasteiger partial charge in [-0.05, 0) is 54.8 Å². The third-order valence-electron chi connectivity index (χ3n) is 5.82. The Balaban J connectivity index is 1.32. The third kappa shape index (κ3) is 4.25. The quantitative estimate of drug-likeness (QED) is 0.443.